The van der Waals surface area contributed by atoms with E-state index in [0.29, 0.717) is 24.2 Å². The van der Waals surface area contributed by atoms with Crippen LogP contribution < -0.4 is 10.6 Å². The molecule has 4 N–H and O–H groups in total. The second-order valence-corrected chi connectivity index (χ2v) is 6.82. The fourth-order valence-corrected chi connectivity index (χ4v) is 3.33. The van der Waals surface area contributed by atoms with E-state index in [1.54, 1.807) is 30.3 Å². The number of rotatable bonds is 7. The molecule has 6 heteroatoms. The summed E-state index contributed by atoms with van der Waals surface area (Å²) >= 11 is 0. The highest BCUT2D eigenvalue weighted by Crippen LogP contribution is 2.28. The Bertz CT molecular complexity index is 1060. The average Bonchev–Trinajstić information content (AvgIpc) is 2.75. The molecule has 0 bridgehead atoms. The lowest BCUT2D eigenvalue weighted by molar-refractivity contribution is 0.0696. The first-order valence-electron chi connectivity index (χ1n) is 9.75. The highest BCUT2D eigenvalue weighted by Gasteiger charge is 2.11. The molecule has 154 valence electrons. The van der Waals surface area contributed by atoms with E-state index in [-0.39, 0.29) is 18.2 Å². The molecule has 2 amide bonds. The monoisotopic (exact) mass is 404 g/mol. The largest absolute Gasteiger partial charge is 0.478 e. The number of hydrogen-bond donors (Lipinski definition) is 4. The Kier molecular flexibility index (Phi) is 6.83. The summed E-state index contributed by atoms with van der Waals surface area (Å²) in [4.78, 5) is 23.7. The lowest BCUT2D eigenvalue weighted by Gasteiger charge is -2.13. The normalized spacial score (nSPS) is 10.5. The number of nitrogens with one attached hydrogen (secondary N) is 2. The van der Waals surface area contributed by atoms with Gasteiger partial charge in [0.05, 0.1) is 5.56 Å². The van der Waals surface area contributed by atoms with Crippen molar-refractivity contribution in [1.82, 2.24) is 0 Å². The van der Waals surface area contributed by atoms with Crippen LogP contribution in [0.3, 0.4) is 0 Å². The van der Waals surface area contributed by atoms with Gasteiger partial charge in [0.15, 0.2) is 0 Å². The Hall–Kier alpha value is -3.64. The number of aryl methyl sites for hydroxylation is 1. The van der Waals surface area contributed by atoms with E-state index in [1.807, 2.05) is 43.3 Å². The molecule has 0 aliphatic carbocycles. The van der Waals surface area contributed by atoms with Gasteiger partial charge in [-0.25, -0.2) is 9.59 Å². The standard InChI is InChI=1S/C24H24N2O4/c1-2-16-14-19(23(28)29)10-11-21(16)18-7-5-8-20(15-18)25-24(30)26-22-9-4-3-6-17(22)12-13-27/h3-11,14-15,27H,2,12-13H2,1H3,(H,28,29)(H2,25,26,30). The van der Waals surface area contributed by atoms with E-state index in [4.69, 9.17) is 0 Å². The van der Waals surface area contributed by atoms with Crippen LogP contribution in [0.1, 0.15) is 28.4 Å². The highest BCUT2D eigenvalue weighted by atomic mass is 16.4. The Morgan fingerprint density at radius 3 is 2.43 bits per heavy atom. The second-order valence-electron chi connectivity index (χ2n) is 6.82. The minimum atomic E-state index is -0.954. The SMILES string of the molecule is CCc1cc(C(=O)O)ccc1-c1cccc(NC(=O)Nc2ccccc2CCO)c1. The molecule has 3 rings (SSSR count). The molecular formula is C24H24N2O4. The molecule has 0 fully saturated rings. The summed E-state index contributed by atoms with van der Waals surface area (Å²) in [5, 5.41) is 24.0. The van der Waals surface area contributed by atoms with Gasteiger partial charge in [-0.3, -0.25) is 0 Å². The number of para-hydroxylation sites is 1. The summed E-state index contributed by atoms with van der Waals surface area (Å²) in [7, 11) is 0. The van der Waals surface area contributed by atoms with Crippen molar-refractivity contribution in [1.29, 1.82) is 0 Å². The van der Waals surface area contributed by atoms with Crippen molar-refractivity contribution in [3.63, 3.8) is 0 Å². The van der Waals surface area contributed by atoms with E-state index < -0.39 is 5.97 Å². The first-order chi connectivity index (χ1) is 14.5. The van der Waals surface area contributed by atoms with Crippen molar-refractivity contribution in [2.24, 2.45) is 0 Å². The van der Waals surface area contributed by atoms with Crippen molar-refractivity contribution in [3.8, 4) is 11.1 Å². The summed E-state index contributed by atoms with van der Waals surface area (Å²) in [6.45, 7) is 1.98. The first-order valence-corrected chi connectivity index (χ1v) is 9.75. The number of carbonyl (C=O) groups excluding carboxylic acids is 1. The molecule has 3 aromatic carbocycles. The zero-order valence-corrected chi connectivity index (χ0v) is 16.7. The van der Waals surface area contributed by atoms with Crippen LogP contribution in [0, 0.1) is 0 Å². The van der Waals surface area contributed by atoms with Crippen molar-refractivity contribution in [3.05, 3.63) is 83.4 Å². The summed E-state index contributed by atoms with van der Waals surface area (Å²) in [5.74, 6) is -0.954. The summed E-state index contributed by atoms with van der Waals surface area (Å²) in [6.07, 6.45) is 1.15. The van der Waals surface area contributed by atoms with Crippen LogP contribution in [0.4, 0.5) is 16.2 Å². The van der Waals surface area contributed by atoms with Gasteiger partial charge in [-0.2, -0.15) is 0 Å². The third kappa shape index (κ3) is 5.04. The number of aliphatic hydroxyl groups excluding tert-OH is 1. The molecule has 30 heavy (non-hydrogen) atoms. The third-order valence-corrected chi connectivity index (χ3v) is 4.81. The van der Waals surface area contributed by atoms with Crippen molar-refractivity contribution in [2.75, 3.05) is 17.2 Å². The van der Waals surface area contributed by atoms with Crippen LogP contribution >= 0.6 is 0 Å². The van der Waals surface area contributed by atoms with E-state index in [9.17, 15) is 19.8 Å². The molecule has 0 atom stereocenters. The maximum absolute atomic E-state index is 12.5. The fourth-order valence-electron chi connectivity index (χ4n) is 3.33. The number of carboxylic acids is 1. The Morgan fingerprint density at radius 2 is 1.70 bits per heavy atom. The highest BCUT2D eigenvalue weighted by molar-refractivity contribution is 6.00. The zero-order valence-electron chi connectivity index (χ0n) is 16.7. The van der Waals surface area contributed by atoms with Gasteiger partial charge < -0.3 is 20.8 Å². The molecule has 0 saturated carbocycles. The molecule has 0 unspecified atom stereocenters. The average molecular weight is 404 g/mol. The van der Waals surface area contributed by atoms with Gasteiger partial charge in [0.1, 0.15) is 0 Å². The molecule has 0 saturated heterocycles. The molecular weight excluding hydrogens is 380 g/mol. The minimum absolute atomic E-state index is 0.00277. The predicted molar refractivity (Wildman–Crippen MR) is 118 cm³/mol. The molecule has 0 aliphatic rings. The van der Waals surface area contributed by atoms with E-state index in [1.165, 1.54) is 0 Å². The quantitative estimate of drug-likeness (QED) is 0.455. The Labute approximate surface area is 175 Å². The lowest BCUT2D eigenvalue weighted by Crippen LogP contribution is -2.20. The molecule has 0 aliphatic heterocycles. The Balaban J connectivity index is 1.80. The van der Waals surface area contributed by atoms with Gasteiger partial charge in [-0.05, 0) is 65.4 Å². The number of aromatic carboxylic acids is 1. The molecule has 0 aromatic heterocycles. The van der Waals surface area contributed by atoms with Gasteiger partial charge in [0.2, 0.25) is 0 Å². The Morgan fingerprint density at radius 1 is 0.900 bits per heavy atom. The molecule has 3 aromatic rings. The van der Waals surface area contributed by atoms with Crippen LogP contribution in [0.2, 0.25) is 0 Å². The van der Waals surface area contributed by atoms with Crippen LogP contribution in [-0.4, -0.2) is 28.8 Å². The van der Waals surface area contributed by atoms with Crippen LogP contribution in [0.25, 0.3) is 11.1 Å². The number of urea groups is 1. The number of aliphatic hydroxyl groups is 1. The summed E-state index contributed by atoms with van der Waals surface area (Å²) < 4.78 is 0. The molecule has 0 radical (unpaired) electrons. The molecule has 6 nitrogen and oxygen atoms in total. The number of hydrogen-bond acceptors (Lipinski definition) is 3. The van der Waals surface area contributed by atoms with Gasteiger partial charge >= 0.3 is 12.0 Å². The van der Waals surface area contributed by atoms with Crippen LogP contribution in [0.15, 0.2) is 66.7 Å². The number of benzene rings is 3. The third-order valence-electron chi connectivity index (χ3n) is 4.81. The fraction of sp³-hybridized carbons (Fsp3) is 0.167. The zero-order chi connectivity index (χ0) is 21.5. The first kappa shape index (κ1) is 21.1. The van der Waals surface area contributed by atoms with Gasteiger partial charge in [0.25, 0.3) is 0 Å². The van der Waals surface area contributed by atoms with Gasteiger partial charge in [0, 0.05) is 18.0 Å². The predicted octanol–water partition coefficient (Wildman–Crippen LogP) is 4.79. The molecule has 0 heterocycles. The van der Waals surface area contributed by atoms with Crippen molar-refractivity contribution in [2.45, 2.75) is 19.8 Å². The second kappa shape index (κ2) is 9.71. The van der Waals surface area contributed by atoms with Crippen LogP contribution in [0.5, 0.6) is 0 Å². The summed E-state index contributed by atoms with van der Waals surface area (Å²) in [6, 6.07) is 19.4. The van der Waals surface area contributed by atoms with Gasteiger partial charge in [-0.1, -0.05) is 43.3 Å². The number of anilines is 2. The van der Waals surface area contributed by atoms with E-state index in [0.717, 1.165) is 22.3 Å². The summed E-state index contributed by atoms with van der Waals surface area (Å²) in [5.41, 5.74) is 5.13. The van der Waals surface area contributed by atoms with Gasteiger partial charge in [-0.15, -0.1) is 0 Å². The molecule has 0 spiro atoms. The van der Waals surface area contributed by atoms with E-state index >= 15 is 0 Å². The van der Waals surface area contributed by atoms with Crippen LogP contribution in [-0.2, 0) is 12.8 Å². The lowest BCUT2D eigenvalue weighted by atomic mass is 9.95. The smallest absolute Gasteiger partial charge is 0.335 e. The minimum Gasteiger partial charge on any atom is -0.478 e. The van der Waals surface area contributed by atoms with Crippen molar-refractivity contribution >= 4 is 23.4 Å². The topological polar surface area (TPSA) is 98.7 Å². The van der Waals surface area contributed by atoms with Crippen molar-refractivity contribution < 1.29 is 19.8 Å². The maximum Gasteiger partial charge on any atom is 0.335 e. The van der Waals surface area contributed by atoms with E-state index in [2.05, 4.69) is 10.6 Å². The maximum atomic E-state index is 12.5. The number of amides is 2. The number of carbonyl (C=O) groups is 2. The number of carboxylic acid groups (broad SMARTS) is 1.